The molecular formula is C15H23NO. The Hall–Kier alpha value is -1.18. The van der Waals surface area contributed by atoms with Gasteiger partial charge in [0.15, 0.2) is 0 Å². The Morgan fingerprint density at radius 3 is 2.71 bits per heavy atom. The lowest BCUT2D eigenvalue weighted by Crippen LogP contribution is -2.33. The van der Waals surface area contributed by atoms with Crippen molar-refractivity contribution in [1.82, 2.24) is 0 Å². The Morgan fingerprint density at radius 1 is 1.24 bits per heavy atom. The fourth-order valence-electron chi connectivity index (χ4n) is 2.64. The third kappa shape index (κ3) is 3.15. The van der Waals surface area contributed by atoms with E-state index >= 15 is 0 Å². The van der Waals surface area contributed by atoms with E-state index < -0.39 is 0 Å². The monoisotopic (exact) mass is 233 g/mol. The molecular weight excluding hydrogens is 210 g/mol. The van der Waals surface area contributed by atoms with Gasteiger partial charge in [-0.15, -0.1) is 0 Å². The van der Waals surface area contributed by atoms with Gasteiger partial charge < -0.3 is 9.64 Å². The number of benzene rings is 1. The molecule has 0 amide bonds. The molecule has 1 fully saturated rings. The molecule has 1 aromatic carbocycles. The van der Waals surface area contributed by atoms with Gasteiger partial charge in [0.2, 0.25) is 0 Å². The predicted molar refractivity (Wildman–Crippen MR) is 72.9 cm³/mol. The topological polar surface area (TPSA) is 12.5 Å². The largest absolute Gasteiger partial charge is 0.494 e. The van der Waals surface area contributed by atoms with Gasteiger partial charge in [-0.1, -0.05) is 25.3 Å². The summed E-state index contributed by atoms with van der Waals surface area (Å²) in [4.78, 5) is 2.42. The minimum absolute atomic E-state index is 0.709. The molecule has 0 saturated heterocycles. The summed E-state index contributed by atoms with van der Waals surface area (Å²) in [5, 5.41) is 0. The second-order valence-corrected chi connectivity index (χ2v) is 4.83. The molecule has 1 saturated carbocycles. The summed E-state index contributed by atoms with van der Waals surface area (Å²) >= 11 is 0. The molecule has 1 aromatic rings. The lowest BCUT2D eigenvalue weighted by Gasteiger charge is -2.33. The van der Waals surface area contributed by atoms with Crippen LogP contribution in [-0.4, -0.2) is 19.7 Å². The van der Waals surface area contributed by atoms with E-state index in [1.54, 1.807) is 0 Å². The zero-order valence-electron chi connectivity index (χ0n) is 11.0. The predicted octanol–water partition coefficient (Wildman–Crippen LogP) is 3.85. The highest BCUT2D eigenvalue weighted by Crippen LogP contribution is 2.28. The highest BCUT2D eigenvalue weighted by atomic mass is 16.5. The maximum atomic E-state index is 5.56. The van der Waals surface area contributed by atoms with Gasteiger partial charge in [-0.2, -0.15) is 0 Å². The number of nitrogens with zero attached hydrogens (tertiary/aromatic N) is 1. The van der Waals surface area contributed by atoms with Gasteiger partial charge in [0.25, 0.3) is 0 Å². The van der Waals surface area contributed by atoms with E-state index in [2.05, 4.69) is 30.1 Å². The van der Waals surface area contributed by atoms with Crippen molar-refractivity contribution in [2.45, 2.75) is 45.1 Å². The van der Waals surface area contributed by atoms with Crippen LogP contribution in [0.3, 0.4) is 0 Å². The number of hydrogen-bond donors (Lipinski definition) is 0. The van der Waals surface area contributed by atoms with E-state index in [0.717, 1.165) is 12.4 Å². The van der Waals surface area contributed by atoms with Crippen LogP contribution < -0.4 is 9.64 Å². The van der Waals surface area contributed by atoms with E-state index in [1.165, 1.54) is 37.8 Å². The average Bonchev–Trinajstić information content (AvgIpc) is 2.40. The third-order valence-corrected chi connectivity index (χ3v) is 3.66. The van der Waals surface area contributed by atoms with E-state index in [9.17, 15) is 0 Å². The molecule has 17 heavy (non-hydrogen) atoms. The van der Waals surface area contributed by atoms with Gasteiger partial charge in [-0.25, -0.2) is 0 Å². The Kier molecular flexibility index (Phi) is 4.29. The Labute approximate surface area is 105 Å². The van der Waals surface area contributed by atoms with Crippen LogP contribution in [0.2, 0.25) is 0 Å². The Balaban J connectivity index is 2.06. The van der Waals surface area contributed by atoms with Crippen LogP contribution in [0.25, 0.3) is 0 Å². The maximum absolute atomic E-state index is 5.56. The second-order valence-electron chi connectivity index (χ2n) is 4.83. The Morgan fingerprint density at radius 2 is 2.00 bits per heavy atom. The molecule has 0 N–H and O–H groups in total. The molecule has 0 aromatic heterocycles. The van der Waals surface area contributed by atoms with Crippen LogP contribution in [0.4, 0.5) is 5.69 Å². The van der Waals surface area contributed by atoms with E-state index in [1.807, 2.05) is 13.0 Å². The molecule has 0 atom stereocenters. The molecule has 94 valence electrons. The summed E-state index contributed by atoms with van der Waals surface area (Å²) in [6, 6.07) is 9.15. The summed E-state index contributed by atoms with van der Waals surface area (Å²) in [5.41, 5.74) is 1.28. The van der Waals surface area contributed by atoms with Crippen LogP contribution in [-0.2, 0) is 0 Å². The highest BCUT2D eigenvalue weighted by molar-refractivity contribution is 5.51. The van der Waals surface area contributed by atoms with Gasteiger partial charge >= 0.3 is 0 Å². The molecule has 1 aliphatic carbocycles. The standard InChI is InChI=1S/C15H23NO/c1-3-17-15-11-7-10-14(12-15)16(2)13-8-5-4-6-9-13/h7,10-13H,3-6,8-9H2,1-2H3. The van der Waals surface area contributed by atoms with Crippen molar-refractivity contribution in [3.05, 3.63) is 24.3 Å². The molecule has 1 aliphatic rings. The summed E-state index contributed by atoms with van der Waals surface area (Å²) in [6.07, 6.45) is 6.81. The first-order valence-electron chi connectivity index (χ1n) is 6.77. The first-order valence-corrected chi connectivity index (χ1v) is 6.77. The fourth-order valence-corrected chi connectivity index (χ4v) is 2.64. The fraction of sp³-hybridized carbons (Fsp3) is 0.600. The maximum Gasteiger partial charge on any atom is 0.121 e. The van der Waals surface area contributed by atoms with Crippen LogP contribution in [0, 0.1) is 0 Å². The van der Waals surface area contributed by atoms with Gasteiger partial charge in [0.1, 0.15) is 5.75 Å². The van der Waals surface area contributed by atoms with Crippen molar-refractivity contribution in [2.75, 3.05) is 18.6 Å². The highest BCUT2D eigenvalue weighted by Gasteiger charge is 2.18. The smallest absolute Gasteiger partial charge is 0.121 e. The summed E-state index contributed by atoms with van der Waals surface area (Å²) in [7, 11) is 2.21. The molecule has 0 radical (unpaired) electrons. The first-order chi connectivity index (χ1) is 8.31. The minimum atomic E-state index is 0.709. The van der Waals surface area contributed by atoms with Crippen LogP contribution >= 0.6 is 0 Å². The van der Waals surface area contributed by atoms with E-state index in [4.69, 9.17) is 4.74 Å². The molecule has 2 nitrogen and oxygen atoms in total. The minimum Gasteiger partial charge on any atom is -0.494 e. The van der Waals surface area contributed by atoms with Gasteiger partial charge in [-0.3, -0.25) is 0 Å². The molecule has 0 bridgehead atoms. The summed E-state index contributed by atoms with van der Waals surface area (Å²) < 4.78 is 5.56. The van der Waals surface area contributed by atoms with Crippen molar-refractivity contribution < 1.29 is 4.74 Å². The molecule has 0 unspecified atom stereocenters. The van der Waals surface area contributed by atoms with Crippen molar-refractivity contribution in [3.63, 3.8) is 0 Å². The van der Waals surface area contributed by atoms with E-state index in [-0.39, 0.29) is 0 Å². The van der Waals surface area contributed by atoms with Crippen LogP contribution in [0.15, 0.2) is 24.3 Å². The number of anilines is 1. The van der Waals surface area contributed by atoms with Gasteiger partial charge in [-0.05, 0) is 31.9 Å². The van der Waals surface area contributed by atoms with Crippen LogP contribution in [0.1, 0.15) is 39.0 Å². The van der Waals surface area contributed by atoms with Crippen molar-refractivity contribution in [3.8, 4) is 5.75 Å². The molecule has 2 heteroatoms. The van der Waals surface area contributed by atoms with Gasteiger partial charge in [0, 0.05) is 24.8 Å². The first kappa shape index (κ1) is 12.3. The van der Waals surface area contributed by atoms with Crippen LogP contribution in [0.5, 0.6) is 5.75 Å². The van der Waals surface area contributed by atoms with Gasteiger partial charge in [0.05, 0.1) is 6.61 Å². The number of ether oxygens (including phenoxy) is 1. The molecule has 0 heterocycles. The molecule has 2 rings (SSSR count). The van der Waals surface area contributed by atoms with Crippen molar-refractivity contribution in [1.29, 1.82) is 0 Å². The molecule has 0 spiro atoms. The third-order valence-electron chi connectivity index (χ3n) is 3.66. The van der Waals surface area contributed by atoms with E-state index in [0.29, 0.717) is 6.04 Å². The van der Waals surface area contributed by atoms with Crippen molar-refractivity contribution in [2.24, 2.45) is 0 Å². The SMILES string of the molecule is CCOc1cccc(N(C)C2CCCCC2)c1. The number of hydrogen-bond acceptors (Lipinski definition) is 2. The quantitative estimate of drug-likeness (QED) is 0.783. The normalized spacial score (nSPS) is 16.8. The zero-order chi connectivity index (χ0) is 12.1. The van der Waals surface area contributed by atoms with Crippen molar-refractivity contribution >= 4 is 5.69 Å². The average molecular weight is 233 g/mol. The zero-order valence-corrected chi connectivity index (χ0v) is 11.0. The Bertz CT molecular complexity index is 345. The summed E-state index contributed by atoms with van der Waals surface area (Å²) in [5.74, 6) is 0.979. The lowest BCUT2D eigenvalue weighted by atomic mass is 9.94. The lowest BCUT2D eigenvalue weighted by molar-refractivity contribution is 0.340. The second kappa shape index (κ2) is 5.95. The summed E-state index contributed by atoms with van der Waals surface area (Å²) in [6.45, 7) is 2.76. The number of rotatable bonds is 4. The molecule has 0 aliphatic heterocycles.